The van der Waals surface area contributed by atoms with Crippen molar-refractivity contribution < 1.29 is 13.2 Å². The van der Waals surface area contributed by atoms with E-state index >= 15 is 0 Å². The Morgan fingerprint density at radius 1 is 0.929 bits per heavy atom. The highest BCUT2D eigenvalue weighted by atomic mass is 32.2. The van der Waals surface area contributed by atoms with Crippen LogP contribution < -0.4 is 0 Å². The molecule has 1 heterocycles. The molecule has 3 rings (SSSR count). The molecular formula is C22H15F3N2S. The third-order valence-corrected chi connectivity index (χ3v) is 4.99. The second-order valence-corrected chi connectivity index (χ2v) is 6.93. The van der Waals surface area contributed by atoms with E-state index in [4.69, 9.17) is 0 Å². The molecule has 0 spiro atoms. The molecule has 0 aliphatic heterocycles. The first-order valence-corrected chi connectivity index (χ1v) is 9.47. The first-order valence-electron chi connectivity index (χ1n) is 8.48. The number of pyridine rings is 1. The fourth-order valence-corrected chi connectivity index (χ4v) is 3.61. The van der Waals surface area contributed by atoms with Crippen molar-refractivity contribution in [2.45, 2.75) is 11.4 Å². The quantitative estimate of drug-likeness (QED) is 0.428. The van der Waals surface area contributed by atoms with Crippen molar-refractivity contribution >= 4 is 11.8 Å². The number of hydrogen-bond acceptors (Lipinski definition) is 3. The van der Waals surface area contributed by atoms with E-state index in [9.17, 15) is 18.4 Å². The van der Waals surface area contributed by atoms with Crippen molar-refractivity contribution in [2.24, 2.45) is 0 Å². The van der Waals surface area contributed by atoms with Gasteiger partial charge in [-0.25, -0.2) is 9.37 Å². The maximum atomic E-state index is 13.1. The molecule has 0 fully saturated rings. The molecule has 1 aromatic heterocycles. The Morgan fingerprint density at radius 3 is 2.11 bits per heavy atom. The molecule has 2 aromatic carbocycles. The fraction of sp³-hybridized carbons (Fsp3) is 0.0909. The van der Waals surface area contributed by atoms with Gasteiger partial charge in [-0.05, 0) is 11.6 Å². The summed E-state index contributed by atoms with van der Waals surface area (Å²) in [5.41, 5.74) is 3.43. The van der Waals surface area contributed by atoms with Gasteiger partial charge in [-0.1, -0.05) is 60.7 Å². The predicted molar refractivity (Wildman–Crippen MR) is 106 cm³/mol. The molecule has 28 heavy (non-hydrogen) atoms. The Morgan fingerprint density at radius 2 is 1.54 bits per heavy atom. The molecule has 0 unspecified atom stereocenters. The van der Waals surface area contributed by atoms with Crippen LogP contribution in [0.4, 0.5) is 13.2 Å². The van der Waals surface area contributed by atoms with E-state index in [1.807, 2.05) is 66.7 Å². The lowest BCUT2D eigenvalue weighted by Gasteiger charge is -2.12. The van der Waals surface area contributed by atoms with E-state index in [0.29, 0.717) is 21.8 Å². The van der Waals surface area contributed by atoms with E-state index in [1.165, 1.54) is 0 Å². The van der Waals surface area contributed by atoms with Crippen LogP contribution in [0.5, 0.6) is 0 Å². The van der Waals surface area contributed by atoms with Gasteiger partial charge in [0.05, 0.1) is 11.3 Å². The number of thioether (sulfide) groups is 1. The van der Waals surface area contributed by atoms with Crippen LogP contribution >= 0.6 is 11.8 Å². The summed E-state index contributed by atoms with van der Waals surface area (Å²) in [4.78, 5) is 4.56. The Balaban J connectivity index is 2.06. The van der Waals surface area contributed by atoms with Gasteiger partial charge in [0, 0.05) is 23.3 Å². The van der Waals surface area contributed by atoms with Crippen LogP contribution in [0.15, 0.2) is 83.7 Å². The molecule has 0 atom stereocenters. The highest BCUT2D eigenvalue weighted by Gasteiger charge is 2.16. The predicted octanol–water partition coefficient (Wildman–Crippen LogP) is 6.85. The second kappa shape index (κ2) is 9.25. The zero-order chi connectivity index (χ0) is 19.9. The largest absolute Gasteiger partial charge is 0.301 e. The lowest BCUT2D eigenvalue weighted by atomic mass is 9.99. The summed E-state index contributed by atoms with van der Waals surface area (Å²) in [6.45, 7) is 0. The van der Waals surface area contributed by atoms with Gasteiger partial charge in [0.2, 0.25) is 0 Å². The van der Waals surface area contributed by atoms with Gasteiger partial charge >= 0.3 is 6.08 Å². The van der Waals surface area contributed by atoms with Crippen LogP contribution in [0.1, 0.15) is 12.0 Å². The number of nitriles is 1. The highest BCUT2D eigenvalue weighted by molar-refractivity contribution is 7.99. The van der Waals surface area contributed by atoms with E-state index in [1.54, 1.807) is 0 Å². The van der Waals surface area contributed by atoms with Gasteiger partial charge in [-0.15, -0.1) is 11.8 Å². The van der Waals surface area contributed by atoms with Gasteiger partial charge in [-0.2, -0.15) is 14.0 Å². The summed E-state index contributed by atoms with van der Waals surface area (Å²) in [6, 6.07) is 22.9. The Hall–Kier alpha value is -3.04. The highest BCUT2D eigenvalue weighted by Crippen LogP contribution is 2.34. The van der Waals surface area contributed by atoms with Crippen LogP contribution in [0.2, 0.25) is 0 Å². The van der Waals surface area contributed by atoms with Crippen molar-refractivity contribution in [3.63, 3.8) is 0 Å². The number of nitrogens with zero attached hydrogens (tertiary/aromatic N) is 2. The standard InChI is InChI=1S/C22H15F3N2S/c23-19(21(24)25)11-12-28-22-18(14-26)17(15-7-3-1-4-8-15)13-20(27-22)16-9-5-2-6-10-16/h1-10,13H,11-12H2. The normalized spacial score (nSPS) is 10.4. The van der Waals surface area contributed by atoms with Crippen molar-refractivity contribution in [3.8, 4) is 28.5 Å². The molecule has 140 valence electrons. The summed E-state index contributed by atoms with van der Waals surface area (Å²) in [7, 11) is 0. The molecule has 2 nitrogen and oxygen atoms in total. The van der Waals surface area contributed by atoms with Crippen LogP contribution in [-0.4, -0.2) is 10.7 Å². The van der Waals surface area contributed by atoms with Crippen LogP contribution in [-0.2, 0) is 0 Å². The minimum absolute atomic E-state index is 0.0529. The number of rotatable bonds is 6. The zero-order valence-electron chi connectivity index (χ0n) is 14.7. The molecule has 0 aliphatic carbocycles. The molecule has 0 saturated carbocycles. The molecular weight excluding hydrogens is 381 g/mol. The summed E-state index contributed by atoms with van der Waals surface area (Å²) < 4.78 is 37.7. The first-order chi connectivity index (χ1) is 13.6. The molecule has 0 N–H and O–H groups in total. The lowest BCUT2D eigenvalue weighted by molar-refractivity contribution is 0.373. The first kappa shape index (κ1) is 19.7. The summed E-state index contributed by atoms with van der Waals surface area (Å²) >= 11 is 1.09. The number of aromatic nitrogens is 1. The summed E-state index contributed by atoms with van der Waals surface area (Å²) in [5.74, 6) is -1.38. The SMILES string of the molecule is N#Cc1c(-c2ccccc2)cc(-c2ccccc2)nc1SCCC(F)=C(F)F. The topological polar surface area (TPSA) is 36.7 Å². The molecule has 6 heteroatoms. The van der Waals surface area contributed by atoms with Crippen molar-refractivity contribution in [1.82, 2.24) is 4.98 Å². The van der Waals surface area contributed by atoms with E-state index in [-0.39, 0.29) is 5.75 Å². The average molecular weight is 396 g/mol. The Bertz CT molecular complexity index is 1020. The molecule has 0 amide bonds. The van der Waals surface area contributed by atoms with E-state index in [0.717, 1.165) is 22.9 Å². The zero-order valence-corrected chi connectivity index (χ0v) is 15.5. The Labute approximate surface area is 165 Å². The van der Waals surface area contributed by atoms with Gasteiger partial charge in [0.1, 0.15) is 11.1 Å². The van der Waals surface area contributed by atoms with Crippen LogP contribution in [0.25, 0.3) is 22.4 Å². The fourth-order valence-electron chi connectivity index (χ4n) is 2.67. The molecule has 3 aromatic rings. The maximum absolute atomic E-state index is 13.1. The number of allylic oxidation sites excluding steroid dienone is 1. The monoisotopic (exact) mass is 396 g/mol. The molecule has 0 radical (unpaired) electrons. The smallest absolute Gasteiger partial charge is 0.240 e. The second-order valence-electron chi connectivity index (χ2n) is 5.84. The minimum atomic E-state index is -2.31. The lowest BCUT2D eigenvalue weighted by Crippen LogP contribution is -1.96. The van der Waals surface area contributed by atoms with Crippen molar-refractivity contribution in [2.75, 3.05) is 5.75 Å². The van der Waals surface area contributed by atoms with Crippen LogP contribution in [0, 0.1) is 11.3 Å². The van der Waals surface area contributed by atoms with Gasteiger partial charge in [-0.3, -0.25) is 0 Å². The number of hydrogen-bond donors (Lipinski definition) is 0. The summed E-state index contributed by atoms with van der Waals surface area (Å²) in [6.07, 6.45) is -2.73. The molecule has 0 aliphatic rings. The third-order valence-electron chi connectivity index (χ3n) is 4.02. The molecule has 0 saturated heterocycles. The molecule has 0 bridgehead atoms. The number of halogens is 3. The van der Waals surface area contributed by atoms with Gasteiger partial charge < -0.3 is 0 Å². The van der Waals surface area contributed by atoms with E-state index in [2.05, 4.69) is 11.1 Å². The van der Waals surface area contributed by atoms with Crippen LogP contribution in [0.3, 0.4) is 0 Å². The number of benzene rings is 2. The maximum Gasteiger partial charge on any atom is 0.301 e. The van der Waals surface area contributed by atoms with Crippen molar-refractivity contribution in [3.05, 3.63) is 84.2 Å². The van der Waals surface area contributed by atoms with E-state index < -0.39 is 18.3 Å². The Kier molecular flexibility index (Phi) is 6.51. The van der Waals surface area contributed by atoms with Gasteiger partial charge in [0.15, 0.2) is 5.83 Å². The van der Waals surface area contributed by atoms with Crippen molar-refractivity contribution in [1.29, 1.82) is 5.26 Å². The average Bonchev–Trinajstić information content (AvgIpc) is 2.74. The minimum Gasteiger partial charge on any atom is -0.240 e. The summed E-state index contributed by atoms with van der Waals surface area (Å²) in [5, 5.41) is 10.1. The van der Waals surface area contributed by atoms with Gasteiger partial charge in [0.25, 0.3) is 0 Å². The third kappa shape index (κ3) is 4.62.